The quantitative estimate of drug-likeness (QED) is 0.190. The lowest BCUT2D eigenvalue weighted by Gasteiger charge is -2.25. The first-order chi connectivity index (χ1) is 19.8. The van der Waals surface area contributed by atoms with Gasteiger partial charge < -0.3 is 24.4 Å². The van der Waals surface area contributed by atoms with Crippen LogP contribution in [0.4, 0.5) is 0 Å². The molecule has 0 saturated carbocycles. The second kappa shape index (κ2) is 14.2. The van der Waals surface area contributed by atoms with E-state index in [9.17, 15) is 15.0 Å². The number of carbonyl (C=O) groups is 1. The molecule has 1 heterocycles. The van der Waals surface area contributed by atoms with E-state index >= 15 is 0 Å². The summed E-state index contributed by atoms with van der Waals surface area (Å²) in [6.07, 6.45) is -0.233. The van der Waals surface area contributed by atoms with Gasteiger partial charge in [-0.15, -0.1) is 5.10 Å². The number of carboxylic acid groups (broad SMARTS) is 1. The molecule has 0 bridgehead atoms. The van der Waals surface area contributed by atoms with Crippen LogP contribution in [0.3, 0.4) is 0 Å². The number of aliphatic carboxylic acids is 1. The summed E-state index contributed by atoms with van der Waals surface area (Å²) in [4.78, 5) is 12.0. The summed E-state index contributed by atoms with van der Waals surface area (Å²) in [5.41, 5.74) is 6.93. The molecule has 0 amide bonds. The highest BCUT2D eigenvalue weighted by atomic mass is 16.5. The van der Waals surface area contributed by atoms with Gasteiger partial charge in [0.05, 0.1) is 58.1 Å². The van der Waals surface area contributed by atoms with Gasteiger partial charge in [-0.25, -0.2) is 4.68 Å². The summed E-state index contributed by atoms with van der Waals surface area (Å²) in [7, 11) is 1.57. The molecule has 0 aliphatic heterocycles. The van der Waals surface area contributed by atoms with Crippen molar-refractivity contribution in [2.24, 2.45) is 0 Å². The molecule has 9 heteroatoms. The highest BCUT2D eigenvalue weighted by Gasteiger charge is 2.27. The number of ether oxygens (including phenoxy) is 3. The van der Waals surface area contributed by atoms with E-state index < -0.39 is 18.0 Å². The van der Waals surface area contributed by atoms with E-state index in [0.29, 0.717) is 50.7 Å². The maximum atomic E-state index is 12.0. The molecule has 4 aromatic rings. The molecule has 41 heavy (non-hydrogen) atoms. The third-order valence-electron chi connectivity index (χ3n) is 7.39. The van der Waals surface area contributed by atoms with Gasteiger partial charge in [0.2, 0.25) is 0 Å². The van der Waals surface area contributed by atoms with E-state index in [1.807, 2.05) is 68.4 Å². The van der Waals surface area contributed by atoms with Crippen molar-refractivity contribution in [2.45, 2.75) is 58.8 Å². The van der Waals surface area contributed by atoms with Crippen LogP contribution in [0.2, 0.25) is 0 Å². The average molecular weight is 562 g/mol. The van der Waals surface area contributed by atoms with E-state index in [1.165, 1.54) is 0 Å². The molecular weight excluding hydrogens is 522 g/mol. The molecular formula is C32H39N3O6. The molecule has 0 fully saturated rings. The standard InChI is InChI=1S/C32H39N3O6/c1-5-24-26(12-14-29(39-4)31(24)22(3)36)27(19-30(37)38)25-11-13-28-32(21(25)2)33-34-35(28)15-16-40-17-18-41-20-23-9-7-6-8-10-23/h6-14,22,27,36H,5,15-20H2,1-4H3,(H,37,38). The van der Waals surface area contributed by atoms with E-state index in [2.05, 4.69) is 10.3 Å². The summed E-state index contributed by atoms with van der Waals surface area (Å²) in [6, 6.07) is 17.7. The Morgan fingerprint density at radius 3 is 2.41 bits per heavy atom. The lowest BCUT2D eigenvalue weighted by molar-refractivity contribution is -0.137. The number of aliphatic hydroxyl groups is 1. The molecule has 1 aromatic heterocycles. The Morgan fingerprint density at radius 1 is 1.00 bits per heavy atom. The van der Waals surface area contributed by atoms with Crippen LogP contribution >= 0.6 is 0 Å². The second-order valence-corrected chi connectivity index (χ2v) is 10.0. The summed E-state index contributed by atoms with van der Waals surface area (Å²) >= 11 is 0. The number of carboxylic acids is 1. The molecule has 9 nitrogen and oxygen atoms in total. The number of methoxy groups -OCH3 is 1. The molecule has 2 unspecified atom stereocenters. The van der Waals surface area contributed by atoms with Crippen LogP contribution in [0.15, 0.2) is 54.6 Å². The average Bonchev–Trinajstić information content (AvgIpc) is 3.39. The topological polar surface area (TPSA) is 116 Å². The van der Waals surface area contributed by atoms with E-state index in [0.717, 1.165) is 38.9 Å². The molecule has 0 saturated heterocycles. The number of nitrogens with zero attached hydrogens (tertiary/aromatic N) is 3. The number of aryl methyl sites for hydroxylation is 1. The molecule has 4 rings (SSSR count). The predicted molar refractivity (Wildman–Crippen MR) is 156 cm³/mol. The van der Waals surface area contributed by atoms with Crippen molar-refractivity contribution in [3.05, 3.63) is 88.0 Å². The number of hydrogen-bond acceptors (Lipinski definition) is 7. The molecule has 0 aliphatic carbocycles. The Balaban J connectivity index is 1.50. The number of hydrogen-bond donors (Lipinski definition) is 2. The minimum absolute atomic E-state index is 0.0980. The first-order valence-electron chi connectivity index (χ1n) is 14.0. The zero-order valence-electron chi connectivity index (χ0n) is 24.2. The molecule has 218 valence electrons. The van der Waals surface area contributed by atoms with Crippen LogP contribution in [0, 0.1) is 6.92 Å². The number of aromatic nitrogens is 3. The van der Waals surface area contributed by atoms with Gasteiger partial charge in [-0.3, -0.25) is 4.79 Å². The lowest BCUT2D eigenvalue weighted by atomic mass is 9.80. The molecule has 2 atom stereocenters. The Bertz CT molecular complexity index is 1450. The lowest BCUT2D eigenvalue weighted by Crippen LogP contribution is -2.14. The van der Waals surface area contributed by atoms with Crippen LogP contribution in [-0.4, -0.2) is 58.1 Å². The molecule has 0 aliphatic rings. The number of fused-ring (bicyclic) bond motifs is 1. The van der Waals surface area contributed by atoms with Crippen LogP contribution in [0.25, 0.3) is 11.0 Å². The van der Waals surface area contributed by atoms with Crippen molar-refractivity contribution in [1.82, 2.24) is 15.0 Å². The third kappa shape index (κ3) is 7.11. The maximum Gasteiger partial charge on any atom is 0.304 e. The minimum Gasteiger partial charge on any atom is -0.496 e. The van der Waals surface area contributed by atoms with Crippen molar-refractivity contribution in [2.75, 3.05) is 26.9 Å². The van der Waals surface area contributed by atoms with Crippen molar-refractivity contribution in [1.29, 1.82) is 0 Å². The summed E-state index contributed by atoms with van der Waals surface area (Å²) in [5.74, 6) is -0.742. The van der Waals surface area contributed by atoms with E-state index in [-0.39, 0.29) is 6.42 Å². The predicted octanol–water partition coefficient (Wildman–Crippen LogP) is 5.20. The normalized spacial score (nSPS) is 12.9. The zero-order chi connectivity index (χ0) is 29.4. The third-order valence-corrected chi connectivity index (χ3v) is 7.39. The number of benzene rings is 3. The van der Waals surface area contributed by atoms with E-state index in [4.69, 9.17) is 14.2 Å². The fourth-order valence-corrected chi connectivity index (χ4v) is 5.44. The van der Waals surface area contributed by atoms with Gasteiger partial charge in [0.15, 0.2) is 0 Å². The van der Waals surface area contributed by atoms with Gasteiger partial charge in [0, 0.05) is 11.5 Å². The van der Waals surface area contributed by atoms with Crippen LogP contribution in [-0.2, 0) is 33.8 Å². The summed E-state index contributed by atoms with van der Waals surface area (Å²) in [6.45, 7) is 8.19. The number of rotatable bonds is 15. The van der Waals surface area contributed by atoms with Crippen LogP contribution in [0.1, 0.15) is 65.7 Å². The minimum atomic E-state index is -0.903. The van der Waals surface area contributed by atoms with Gasteiger partial charge in [-0.1, -0.05) is 54.6 Å². The Kier molecular flexibility index (Phi) is 10.5. The fourth-order valence-electron chi connectivity index (χ4n) is 5.44. The largest absolute Gasteiger partial charge is 0.496 e. The maximum absolute atomic E-state index is 12.0. The molecule has 2 N–H and O–H groups in total. The first kappa shape index (κ1) is 30.2. The monoisotopic (exact) mass is 561 g/mol. The Labute approximate surface area is 240 Å². The summed E-state index contributed by atoms with van der Waals surface area (Å²) < 4.78 is 18.7. The Hall–Kier alpha value is -3.79. The molecule has 0 spiro atoms. The van der Waals surface area contributed by atoms with Crippen molar-refractivity contribution in [3.63, 3.8) is 0 Å². The fraction of sp³-hybridized carbons (Fsp3) is 0.406. The van der Waals surface area contributed by atoms with Gasteiger partial charge >= 0.3 is 5.97 Å². The highest BCUT2D eigenvalue weighted by Crippen LogP contribution is 2.40. The zero-order valence-corrected chi connectivity index (χ0v) is 24.2. The SMILES string of the molecule is CCc1c(C(CC(=O)O)c2ccc3c(nnn3CCOCCOCc3ccccc3)c2C)ccc(OC)c1C(C)O. The van der Waals surface area contributed by atoms with Gasteiger partial charge in [-0.05, 0) is 60.2 Å². The highest BCUT2D eigenvalue weighted by molar-refractivity contribution is 5.80. The molecule has 3 aromatic carbocycles. The smallest absolute Gasteiger partial charge is 0.304 e. The first-order valence-corrected chi connectivity index (χ1v) is 14.0. The van der Waals surface area contributed by atoms with Crippen molar-refractivity contribution < 1.29 is 29.2 Å². The van der Waals surface area contributed by atoms with Gasteiger partial charge in [0.25, 0.3) is 0 Å². The van der Waals surface area contributed by atoms with E-state index in [1.54, 1.807) is 18.7 Å². The number of aliphatic hydroxyl groups excluding tert-OH is 1. The van der Waals surface area contributed by atoms with Crippen molar-refractivity contribution >= 4 is 17.0 Å². The van der Waals surface area contributed by atoms with Crippen molar-refractivity contribution in [3.8, 4) is 5.75 Å². The van der Waals surface area contributed by atoms with Crippen LogP contribution in [0.5, 0.6) is 5.75 Å². The summed E-state index contributed by atoms with van der Waals surface area (Å²) in [5, 5.41) is 29.2. The van der Waals surface area contributed by atoms with Crippen LogP contribution < -0.4 is 4.74 Å². The molecule has 0 radical (unpaired) electrons. The Morgan fingerprint density at radius 2 is 1.73 bits per heavy atom. The van der Waals surface area contributed by atoms with Gasteiger partial charge in [0.1, 0.15) is 11.3 Å². The van der Waals surface area contributed by atoms with Gasteiger partial charge in [-0.2, -0.15) is 0 Å². The second-order valence-electron chi connectivity index (χ2n) is 10.0.